The molecule has 1 aromatic carbocycles. The Morgan fingerprint density at radius 2 is 1.97 bits per heavy atom. The number of nitrogens with zero attached hydrogens (tertiary/aromatic N) is 1. The van der Waals surface area contributed by atoms with Gasteiger partial charge in [0.2, 0.25) is 5.91 Å². The van der Waals surface area contributed by atoms with Gasteiger partial charge in [0.15, 0.2) is 0 Å². The molecule has 2 heterocycles. The zero-order valence-electron chi connectivity index (χ0n) is 17.4. The molecule has 8 heteroatoms. The fourth-order valence-corrected chi connectivity index (χ4v) is 3.98. The van der Waals surface area contributed by atoms with E-state index in [2.05, 4.69) is 15.5 Å². The van der Waals surface area contributed by atoms with Crippen molar-refractivity contribution in [3.8, 4) is 5.75 Å². The van der Waals surface area contributed by atoms with Crippen LogP contribution in [0, 0.1) is 5.92 Å². The number of alkyl carbamates (subject to hydrolysis) is 1. The maximum absolute atomic E-state index is 11.8. The molecule has 7 nitrogen and oxygen atoms in total. The van der Waals surface area contributed by atoms with Crippen molar-refractivity contribution in [1.29, 1.82) is 0 Å². The topological polar surface area (TPSA) is 79.9 Å². The minimum Gasteiger partial charge on any atom is -0.493 e. The zero-order chi connectivity index (χ0) is 20.1. The summed E-state index contributed by atoms with van der Waals surface area (Å²) in [4.78, 5) is 25.8. The lowest BCUT2D eigenvalue weighted by Crippen LogP contribution is -2.45. The standard InChI is InChI=1S/C22H31N3O4.ClH/c26-21-8-7-18-19(24-21)3-1-4-20(18)28-14-2-11-25-12-9-17(10-13-25)23-22(27)29-15-16-5-6-16;/h1,3-4,16-17H,2,5-15H2,(H,23,27)(H,24,26);1H. The molecule has 0 bridgehead atoms. The highest BCUT2D eigenvalue weighted by Gasteiger charge is 2.25. The number of fused-ring (bicyclic) bond motifs is 1. The first kappa shape index (κ1) is 22.7. The second-order valence-electron chi connectivity index (χ2n) is 8.33. The number of amides is 2. The number of halogens is 1. The summed E-state index contributed by atoms with van der Waals surface area (Å²) in [7, 11) is 0. The van der Waals surface area contributed by atoms with Crippen LogP contribution in [0.1, 0.15) is 44.1 Å². The average molecular weight is 438 g/mol. The Hall–Kier alpha value is -1.99. The number of piperidine rings is 1. The van der Waals surface area contributed by atoms with Gasteiger partial charge in [-0.3, -0.25) is 4.79 Å². The van der Waals surface area contributed by atoms with E-state index >= 15 is 0 Å². The Morgan fingerprint density at radius 3 is 2.73 bits per heavy atom. The molecule has 0 unspecified atom stereocenters. The maximum atomic E-state index is 11.8. The molecule has 1 saturated carbocycles. The smallest absolute Gasteiger partial charge is 0.407 e. The highest BCUT2D eigenvalue weighted by atomic mass is 35.5. The van der Waals surface area contributed by atoms with Gasteiger partial charge in [-0.2, -0.15) is 0 Å². The van der Waals surface area contributed by atoms with Crippen LogP contribution >= 0.6 is 12.4 Å². The Labute approximate surface area is 184 Å². The second kappa shape index (κ2) is 10.9. The molecule has 1 aromatic rings. The second-order valence-corrected chi connectivity index (χ2v) is 8.33. The first-order valence-corrected chi connectivity index (χ1v) is 10.9. The fraction of sp³-hybridized carbons (Fsp3) is 0.636. The van der Waals surface area contributed by atoms with Crippen LogP contribution in [-0.2, 0) is 16.0 Å². The summed E-state index contributed by atoms with van der Waals surface area (Å²) in [6, 6.07) is 6.06. The number of likely N-dealkylation sites (tertiary alicyclic amines) is 1. The van der Waals surface area contributed by atoms with Crippen molar-refractivity contribution in [3.05, 3.63) is 23.8 Å². The van der Waals surface area contributed by atoms with E-state index < -0.39 is 0 Å². The van der Waals surface area contributed by atoms with Gasteiger partial charge in [0, 0.05) is 43.3 Å². The maximum Gasteiger partial charge on any atom is 0.407 e. The molecule has 2 fully saturated rings. The molecular weight excluding hydrogens is 406 g/mol. The van der Waals surface area contributed by atoms with Gasteiger partial charge in [0.1, 0.15) is 5.75 Å². The van der Waals surface area contributed by atoms with Crippen molar-refractivity contribution in [3.63, 3.8) is 0 Å². The number of hydrogen-bond donors (Lipinski definition) is 2. The van der Waals surface area contributed by atoms with Crippen LogP contribution in [0.2, 0.25) is 0 Å². The van der Waals surface area contributed by atoms with Gasteiger partial charge in [0.25, 0.3) is 0 Å². The molecule has 0 spiro atoms. The number of anilines is 1. The van der Waals surface area contributed by atoms with Gasteiger partial charge >= 0.3 is 6.09 Å². The molecule has 2 N–H and O–H groups in total. The van der Waals surface area contributed by atoms with Crippen molar-refractivity contribution >= 4 is 30.1 Å². The molecule has 3 aliphatic rings. The van der Waals surface area contributed by atoms with Crippen molar-refractivity contribution in [2.75, 3.05) is 38.2 Å². The van der Waals surface area contributed by atoms with Gasteiger partial charge in [-0.15, -0.1) is 12.4 Å². The van der Waals surface area contributed by atoms with E-state index in [1.165, 1.54) is 12.8 Å². The average Bonchev–Trinajstić information content (AvgIpc) is 3.55. The number of ether oxygens (including phenoxy) is 2. The number of carbonyl (C=O) groups is 2. The Bertz CT molecular complexity index is 733. The minimum absolute atomic E-state index is 0. The number of carbonyl (C=O) groups excluding carboxylic acids is 2. The van der Waals surface area contributed by atoms with E-state index in [0.29, 0.717) is 25.6 Å². The van der Waals surface area contributed by atoms with Gasteiger partial charge in [-0.1, -0.05) is 6.07 Å². The lowest BCUT2D eigenvalue weighted by molar-refractivity contribution is -0.116. The van der Waals surface area contributed by atoms with Crippen molar-refractivity contribution in [1.82, 2.24) is 10.2 Å². The van der Waals surface area contributed by atoms with E-state index in [0.717, 1.165) is 62.3 Å². The molecule has 1 saturated heterocycles. The van der Waals surface area contributed by atoms with Crippen LogP contribution in [0.4, 0.5) is 10.5 Å². The number of hydrogen-bond acceptors (Lipinski definition) is 5. The van der Waals surface area contributed by atoms with Crippen LogP contribution in [0.5, 0.6) is 5.75 Å². The Balaban J connectivity index is 0.00000256. The minimum atomic E-state index is -0.258. The number of rotatable bonds is 8. The van der Waals surface area contributed by atoms with Crippen molar-refractivity contribution in [2.24, 2.45) is 5.92 Å². The third-order valence-corrected chi connectivity index (χ3v) is 5.94. The summed E-state index contributed by atoms with van der Waals surface area (Å²) in [6.45, 7) is 4.20. The van der Waals surface area contributed by atoms with Crippen LogP contribution in [-0.4, -0.2) is 55.8 Å². The first-order valence-electron chi connectivity index (χ1n) is 10.9. The summed E-state index contributed by atoms with van der Waals surface area (Å²) >= 11 is 0. The van der Waals surface area contributed by atoms with Crippen LogP contribution in [0.3, 0.4) is 0 Å². The predicted octanol–water partition coefficient (Wildman–Crippen LogP) is 3.36. The molecule has 2 amide bonds. The molecule has 2 aliphatic heterocycles. The molecular formula is C22H32ClN3O4. The third kappa shape index (κ3) is 6.51. The molecule has 0 atom stereocenters. The Morgan fingerprint density at radius 1 is 1.17 bits per heavy atom. The molecule has 1 aliphatic carbocycles. The predicted molar refractivity (Wildman–Crippen MR) is 117 cm³/mol. The third-order valence-electron chi connectivity index (χ3n) is 5.94. The van der Waals surface area contributed by atoms with Gasteiger partial charge in [-0.25, -0.2) is 4.79 Å². The van der Waals surface area contributed by atoms with E-state index in [-0.39, 0.29) is 30.4 Å². The highest BCUT2D eigenvalue weighted by molar-refractivity contribution is 5.94. The fourth-order valence-electron chi connectivity index (χ4n) is 3.98. The summed E-state index contributed by atoms with van der Waals surface area (Å²) in [6.07, 6.45) is 6.27. The molecule has 0 aromatic heterocycles. The van der Waals surface area contributed by atoms with E-state index in [4.69, 9.17) is 9.47 Å². The van der Waals surface area contributed by atoms with E-state index in [1.54, 1.807) is 0 Å². The van der Waals surface area contributed by atoms with Crippen LogP contribution in [0.25, 0.3) is 0 Å². The summed E-state index contributed by atoms with van der Waals surface area (Å²) in [5.74, 6) is 1.56. The quantitative estimate of drug-likeness (QED) is 0.609. The number of benzene rings is 1. The largest absolute Gasteiger partial charge is 0.493 e. The molecule has 166 valence electrons. The zero-order valence-corrected chi connectivity index (χ0v) is 18.2. The normalized spacial score (nSPS) is 19.3. The monoisotopic (exact) mass is 437 g/mol. The van der Waals surface area contributed by atoms with Gasteiger partial charge < -0.3 is 25.0 Å². The van der Waals surface area contributed by atoms with Gasteiger partial charge in [-0.05, 0) is 56.6 Å². The summed E-state index contributed by atoms with van der Waals surface area (Å²) in [5, 5.41) is 5.91. The van der Waals surface area contributed by atoms with Gasteiger partial charge in [0.05, 0.1) is 13.2 Å². The molecule has 0 radical (unpaired) electrons. The first-order chi connectivity index (χ1) is 14.2. The van der Waals surface area contributed by atoms with Crippen molar-refractivity contribution in [2.45, 2.75) is 51.0 Å². The SMILES string of the molecule is Cl.O=C1CCc2c(cccc2OCCCN2CCC(NC(=O)OCC3CC3)CC2)N1. The lowest BCUT2D eigenvalue weighted by Gasteiger charge is -2.32. The summed E-state index contributed by atoms with van der Waals surface area (Å²) < 4.78 is 11.3. The Kier molecular flexibility index (Phi) is 8.22. The highest BCUT2D eigenvalue weighted by Crippen LogP contribution is 2.31. The molecule has 4 rings (SSSR count). The van der Waals surface area contributed by atoms with E-state index in [9.17, 15) is 9.59 Å². The number of nitrogens with one attached hydrogen (secondary N) is 2. The lowest BCUT2D eigenvalue weighted by atomic mass is 10.0. The molecule has 30 heavy (non-hydrogen) atoms. The van der Waals surface area contributed by atoms with E-state index in [1.807, 2.05) is 18.2 Å². The van der Waals surface area contributed by atoms with Crippen molar-refractivity contribution < 1.29 is 19.1 Å². The summed E-state index contributed by atoms with van der Waals surface area (Å²) in [5.41, 5.74) is 1.98. The van der Waals surface area contributed by atoms with Crippen LogP contribution < -0.4 is 15.4 Å². The van der Waals surface area contributed by atoms with Crippen LogP contribution in [0.15, 0.2) is 18.2 Å².